The molecule has 2 saturated carbocycles. The van der Waals surface area contributed by atoms with E-state index in [4.69, 9.17) is 4.74 Å². The van der Waals surface area contributed by atoms with Gasteiger partial charge in [0, 0.05) is 34.8 Å². The van der Waals surface area contributed by atoms with Gasteiger partial charge in [-0.05, 0) is 63.6 Å². The minimum Gasteiger partial charge on any atom is -0.456 e. The number of ether oxygens (including phenoxy) is 1. The number of nitrogens with zero attached hydrogens (tertiary/aromatic N) is 3. The van der Waals surface area contributed by atoms with Gasteiger partial charge in [0.1, 0.15) is 17.3 Å². The van der Waals surface area contributed by atoms with Gasteiger partial charge >= 0.3 is 0 Å². The lowest BCUT2D eigenvalue weighted by molar-refractivity contribution is -0.120. The van der Waals surface area contributed by atoms with Crippen LogP contribution in [-0.4, -0.2) is 21.7 Å². The Morgan fingerprint density at radius 1 is 1.12 bits per heavy atom. The Labute approximate surface area is 186 Å². The Hall–Kier alpha value is -3.15. The van der Waals surface area contributed by atoms with Crippen LogP contribution in [0.1, 0.15) is 50.6 Å². The van der Waals surface area contributed by atoms with Crippen molar-refractivity contribution in [2.45, 2.75) is 57.5 Å². The highest BCUT2D eigenvalue weighted by Crippen LogP contribution is 2.48. The van der Waals surface area contributed by atoms with Gasteiger partial charge in [-0.1, -0.05) is 18.2 Å². The first-order valence-corrected chi connectivity index (χ1v) is 11.6. The third-order valence-corrected chi connectivity index (χ3v) is 6.76. The zero-order valence-electron chi connectivity index (χ0n) is 18.1. The predicted molar refractivity (Wildman–Crippen MR) is 120 cm³/mol. The number of rotatable bonds is 5. The molecule has 6 rings (SSSR count). The summed E-state index contributed by atoms with van der Waals surface area (Å²) in [5.41, 5.74) is 2.69. The highest BCUT2D eigenvalue weighted by molar-refractivity contribution is 5.99. The van der Waals surface area contributed by atoms with Gasteiger partial charge in [0.15, 0.2) is 0 Å². The SMILES string of the molecule is CC1CCc2c(Oc3ccccc3)c(-c3cnn(C4CC4)c3)cc(F)c2N1C(=O)C1CC1. The van der Waals surface area contributed by atoms with Gasteiger partial charge < -0.3 is 9.64 Å². The number of fused-ring (bicyclic) bond motifs is 1. The molecule has 0 saturated heterocycles. The lowest BCUT2D eigenvalue weighted by Gasteiger charge is -2.37. The topological polar surface area (TPSA) is 47.4 Å². The van der Waals surface area contributed by atoms with Crippen molar-refractivity contribution in [1.29, 1.82) is 0 Å². The van der Waals surface area contributed by atoms with Gasteiger partial charge in [0.25, 0.3) is 0 Å². The van der Waals surface area contributed by atoms with Gasteiger partial charge in [0.05, 0.1) is 17.9 Å². The molecule has 164 valence electrons. The van der Waals surface area contributed by atoms with Crippen LogP contribution in [-0.2, 0) is 11.2 Å². The smallest absolute Gasteiger partial charge is 0.230 e. The van der Waals surface area contributed by atoms with Gasteiger partial charge in [-0.3, -0.25) is 9.48 Å². The molecule has 6 heteroatoms. The van der Waals surface area contributed by atoms with Crippen LogP contribution in [0.5, 0.6) is 11.5 Å². The molecule has 2 aromatic carbocycles. The van der Waals surface area contributed by atoms with Crippen LogP contribution in [0, 0.1) is 11.7 Å². The molecule has 32 heavy (non-hydrogen) atoms. The summed E-state index contributed by atoms with van der Waals surface area (Å²) < 4.78 is 24.1. The molecule has 1 unspecified atom stereocenters. The van der Waals surface area contributed by atoms with E-state index in [1.54, 1.807) is 11.1 Å². The van der Waals surface area contributed by atoms with Crippen molar-refractivity contribution >= 4 is 11.6 Å². The highest BCUT2D eigenvalue weighted by atomic mass is 19.1. The maximum atomic E-state index is 15.7. The van der Waals surface area contributed by atoms with Crippen LogP contribution in [0.15, 0.2) is 48.8 Å². The summed E-state index contributed by atoms with van der Waals surface area (Å²) in [6, 6.07) is 11.5. The summed E-state index contributed by atoms with van der Waals surface area (Å²) in [7, 11) is 0. The van der Waals surface area contributed by atoms with Crippen molar-refractivity contribution in [3.8, 4) is 22.6 Å². The molecule has 3 aliphatic rings. The predicted octanol–water partition coefficient (Wildman–Crippen LogP) is 5.89. The molecule has 1 amide bonds. The van der Waals surface area contributed by atoms with Gasteiger partial charge in [-0.15, -0.1) is 0 Å². The number of aromatic nitrogens is 2. The third kappa shape index (κ3) is 3.38. The number of benzene rings is 2. The minimum atomic E-state index is -0.366. The van der Waals surface area contributed by atoms with E-state index in [0.717, 1.165) is 43.2 Å². The summed E-state index contributed by atoms with van der Waals surface area (Å²) >= 11 is 0. The molecule has 5 nitrogen and oxygen atoms in total. The molecule has 0 radical (unpaired) electrons. The Morgan fingerprint density at radius 2 is 1.91 bits per heavy atom. The second kappa shape index (κ2) is 7.47. The monoisotopic (exact) mass is 431 g/mol. The average molecular weight is 432 g/mol. The van der Waals surface area contributed by atoms with E-state index in [2.05, 4.69) is 5.10 Å². The Bertz CT molecular complexity index is 1180. The fourth-order valence-electron chi connectivity index (χ4n) is 4.68. The van der Waals surface area contributed by atoms with Crippen molar-refractivity contribution in [3.05, 3.63) is 60.2 Å². The molecular weight excluding hydrogens is 405 g/mol. The summed E-state index contributed by atoms with van der Waals surface area (Å²) in [6.07, 6.45) is 9.25. The number of para-hydroxylation sites is 1. The number of carbonyl (C=O) groups is 1. The number of hydrogen-bond donors (Lipinski definition) is 0. The minimum absolute atomic E-state index is 0.0257. The van der Waals surface area contributed by atoms with E-state index in [-0.39, 0.29) is 23.7 Å². The maximum Gasteiger partial charge on any atom is 0.230 e. The Kier molecular flexibility index (Phi) is 4.56. The summed E-state index contributed by atoms with van der Waals surface area (Å²) in [6.45, 7) is 2.01. The third-order valence-electron chi connectivity index (χ3n) is 6.76. The Morgan fingerprint density at radius 3 is 2.62 bits per heavy atom. The first kappa shape index (κ1) is 19.5. The molecule has 1 aromatic heterocycles. The molecule has 2 fully saturated rings. The van der Waals surface area contributed by atoms with E-state index in [9.17, 15) is 4.79 Å². The second-order valence-corrected chi connectivity index (χ2v) is 9.29. The van der Waals surface area contributed by atoms with Crippen LogP contribution in [0.4, 0.5) is 10.1 Å². The number of anilines is 1. The number of hydrogen-bond acceptors (Lipinski definition) is 3. The first-order chi connectivity index (χ1) is 15.6. The summed E-state index contributed by atoms with van der Waals surface area (Å²) in [5.74, 6) is 1.02. The van der Waals surface area contributed by atoms with E-state index in [1.165, 1.54) is 6.07 Å². The van der Waals surface area contributed by atoms with Crippen LogP contribution in [0.3, 0.4) is 0 Å². The molecule has 0 bridgehead atoms. The fourth-order valence-corrected chi connectivity index (χ4v) is 4.68. The molecule has 0 N–H and O–H groups in total. The lowest BCUT2D eigenvalue weighted by atomic mass is 9.91. The maximum absolute atomic E-state index is 15.7. The van der Waals surface area contributed by atoms with Gasteiger partial charge in [0.2, 0.25) is 5.91 Å². The normalized spacial score (nSPS) is 20.2. The van der Waals surface area contributed by atoms with Crippen molar-refractivity contribution in [3.63, 3.8) is 0 Å². The molecule has 2 aliphatic carbocycles. The fraction of sp³-hybridized carbons (Fsp3) is 0.385. The van der Waals surface area contributed by atoms with Crippen LogP contribution in [0.25, 0.3) is 11.1 Å². The van der Waals surface area contributed by atoms with Crippen LogP contribution in [0.2, 0.25) is 0 Å². The molecule has 1 aliphatic heterocycles. The molecule has 0 spiro atoms. The summed E-state index contributed by atoms with van der Waals surface area (Å²) in [4.78, 5) is 14.8. The molecular formula is C26H26FN3O2. The molecule has 1 atom stereocenters. The number of amides is 1. The summed E-state index contributed by atoms with van der Waals surface area (Å²) in [5, 5.41) is 4.51. The van der Waals surface area contributed by atoms with E-state index >= 15 is 4.39 Å². The van der Waals surface area contributed by atoms with Crippen LogP contribution < -0.4 is 9.64 Å². The number of halogens is 1. The zero-order valence-corrected chi connectivity index (χ0v) is 18.1. The standard InChI is InChI=1S/C26H26FN3O2/c1-16-7-12-21-24(30(16)26(31)17-8-9-17)23(27)13-22(18-14-28-29(15-18)19-10-11-19)25(21)32-20-5-3-2-4-6-20/h2-6,13-17,19H,7-12H2,1H3. The average Bonchev–Trinajstić information content (AvgIpc) is 3.74. The van der Waals surface area contributed by atoms with Crippen LogP contribution >= 0.6 is 0 Å². The van der Waals surface area contributed by atoms with Gasteiger partial charge in [-0.2, -0.15) is 5.10 Å². The molecule has 3 aromatic rings. The second-order valence-electron chi connectivity index (χ2n) is 9.29. The Balaban J connectivity index is 1.51. The lowest BCUT2D eigenvalue weighted by Crippen LogP contribution is -2.43. The van der Waals surface area contributed by atoms with Crippen molar-refractivity contribution < 1.29 is 13.9 Å². The van der Waals surface area contributed by atoms with Crippen molar-refractivity contribution in [1.82, 2.24) is 9.78 Å². The largest absolute Gasteiger partial charge is 0.456 e. The van der Waals surface area contributed by atoms with Crippen molar-refractivity contribution in [2.24, 2.45) is 5.92 Å². The number of carbonyl (C=O) groups excluding carboxylic acids is 1. The quantitative estimate of drug-likeness (QED) is 0.506. The van der Waals surface area contributed by atoms with Crippen molar-refractivity contribution in [2.75, 3.05) is 4.90 Å². The van der Waals surface area contributed by atoms with E-state index in [0.29, 0.717) is 35.2 Å². The van der Waals surface area contributed by atoms with E-state index < -0.39 is 0 Å². The van der Waals surface area contributed by atoms with Gasteiger partial charge in [-0.25, -0.2) is 4.39 Å². The first-order valence-electron chi connectivity index (χ1n) is 11.6. The highest BCUT2D eigenvalue weighted by Gasteiger charge is 2.41. The zero-order chi connectivity index (χ0) is 21.8. The van der Waals surface area contributed by atoms with E-state index in [1.807, 2.05) is 48.1 Å². The molecule has 2 heterocycles.